The zero-order valence-corrected chi connectivity index (χ0v) is 13.7. The molecule has 4 nitrogen and oxygen atoms in total. The minimum absolute atomic E-state index is 0.418. The van der Waals surface area contributed by atoms with Gasteiger partial charge in [-0.05, 0) is 39.0 Å². The molecule has 4 heteroatoms. The highest BCUT2D eigenvalue weighted by molar-refractivity contribution is 5.82. The van der Waals surface area contributed by atoms with Gasteiger partial charge in [-0.1, -0.05) is 50.6 Å². The molecule has 2 saturated carbocycles. The summed E-state index contributed by atoms with van der Waals surface area (Å²) in [7, 11) is 0. The number of hydrogen-bond acceptors (Lipinski definition) is 3. The van der Waals surface area contributed by atoms with E-state index in [4.69, 9.17) is 9.83 Å². The summed E-state index contributed by atoms with van der Waals surface area (Å²) < 4.78 is 0. The van der Waals surface area contributed by atoms with Gasteiger partial charge in [0.15, 0.2) is 0 Å². The molecule has 0 heterocycles. The van der Waals surface area contributed by atoms with Crippen LogP contribution in [-0.2, 0) is 4.84 Å². The lowest BCUT2D eigenvalue weighted by Gasteiger charge is -2.25. The van der Waals surface area contributed by atoms with E-state index >= 15 is 0 Å². The topological polar surface area (TPSA) is 46.0 Å². The Labute approximate surface area is 129 Å². The smallest absolute Gasteiger partial charge is 0.315 e. The number of nitrogens with one attached hydrogen (secondary N) is 1. The SMILES string of the molecule is CCC(C)=NOC(=NC1CCCCC1)NC1CCCCC1. The molecule has 21 heavy (non-hydrogen) atoms. The van der Waals surface area contributed by atoms with Gasteiger partial charge in [-0.3, -0.25) is 0 Å². The Morgan fingerprint density at radius 2 is 1.62 bits per heavy atom. The van der Waals surface area contributed by atoms with Crippen molar-refractivity contribution in [1.29, 1.82) is 0 Å². The fourth-order valence-electron chi connectivity index (χ4n) is 3.07. The highest BCUT2D eigenvalue weighted by Gasteiger charge is 2.18. The van der Waals surface area contributed by atoms with Gasteiger partial charge in [0.1, 0.15) is 0 Å². The third-order valence-corrected chi connectivity index (χ3v) is 4.61. The molecule has 0 aliphatic heterocycles. The first-order valence-electron chi connectivity index (χ1n) is 8.82. The highest BCUT2D eigenvalue weighted by atomic mass is 16.6. The first-order valence-corrected chi connectivity index (χ1v) is 8.82. The minimum Gasteiger partial charge on any atom is -0.335 e. The van der Waals surface area contributed by atoms with E-state index in [-0.39, 0.29) is 0 Å². The fraction of sp³-hybridized carbons (Fsp3) is 0.882. The molecule has 0 saturated heterocycles. The molecule has 0 amide bonds. The van der Waals surface area contributed by atoms with E-state index in [0.717, 1.165) is 12.1 Å². The summed E-state index contributed by atoms with van der Waals surface area (Å²) in [5, 5.41) is 7.70. The summed E-state index contributed by atoms with van der Waals surface area (Å²) in [5.41, 5.74) is 1.01. The van der Waals surface area contributed by atoms with E-state index in [2.05, 4.69) is 17.4 Å². The average Bonchev–Trinajstić information content (AvgIpc) is 2.54. The van der Waals surface area contributed by atoms with Gasteiger partial charge >= 0.3 is 6.02 Å². The van der Waals surface area contributed by atoms with Crippen LogP contribution in [0.1, 0.15) is 84.5 Å². The van der Waals surface area contributed by atoms with Crippen LogP contribution in [0.5, 0.6) is 0 Å². The Morgan fingerprint density at radius 3 is 2.24 bits per heavy atom. The molecule has 2 aliphatic carbocycles. The van der Waals surface area contributed by atoms with Crippen molar-refractivity contribution in [3.63, 3.8) is 0 Å². The lowest BCUT2D eigenvalue weighted by molar-refractivity contribution is 0.283. The Balaban J connectivity index is 1.95. The molecule has 0 unspecified atom stereocenters. The number of oxime groups is 1. The molecule has 120 valence electrons. The number of amidine groups is 1. The van der Waals surface area contributed by atoms with Crippen molar-refractivity contribution >= 4 is 11.7 Å². The lowest BCUT2D eigenvalue weighted by Crippen LogP contribution is -2.38. The van der Waals surface area contributed by atoms with Crippen LogP contribution in [0, 0.1) is 0 Å². The molecule has 0 aromatic rings. The molecule has 2 aliphatic rings. The maximum atomic E-state index is 5.63. The number of aliphatic imine (C=N–C) groups is 1. The summed E-state index contributed by atoms with van der Waals surface area (Å²) in [4.78, 5) is 10.4. The van der Waals surface area contributed by atoms with Crippen molar-refractivity contribution in [3.05, 3.63) is 0 Å². The van der Waals surface area contributed by atoms with E-state index < -0.39 is 0 Å². The van der Waals surface area contributed by atoms with Gasteiger partial charge in [0.05, 0.1) is 11.8 Å². The molecular formula is C17H31N3O. The molecule has 0 aromatic heterocycles. The van der Waals surface area contributed by atoms with Gasteiger partial charge in [0, 0.05) is 6.04 Å². The molecule has 0 atom stereocenters. The normalized spacial score (nSPS) is 23.1. The molecule has 1 N–H and O–H groups in total. The third kappa shape index (κ3) is 6.06. The molecule has 2 rings (SSSR count). The predicted octanol–water partition coefficient (Wildman–Crippen LogP) is 4.40. The maximum absolute atomic E-state index is 5.63. The number of rotatable bonds is 4. The van der Waals surface area contributed by atoms with E-state index in [1.165, 1.54) is 64.2 Å². The molecule has 2 fully saturated rings. The quantitative estimate of drug-likeness (QED) is 0.474. The highest BCUT2D eigenvalue weighted by Crippen LogP contribution is 2.21. The van der Waals surface area contributed by atoms with Crippen molar-refractivity contribution in [1.82, 2.24) is 5.32 Å². The minimum atomic E-state index is 0.418. The van der Waals surface area contributed by atoms with Crippen molar-refractivity contribution in [2.45, 2.75) is 96.6 Å². The van der Waals surface area contributed by atoms with E-state index in [1.807, 2.05) is 6.92 Å². The number of hydrogen-bond donors (Lipinski definition) is 1. The van der Waals surface area contributed by atoms with Crippen LogP contribution < -0.4 is 5.32 Å². The molecule has 0 aromatic carbocycles. The Bertz CT molecular complexity index is 353. The second-order valence-electron chi connectivity index (χ2n) is 6.48. The Kier molecular flexibility index (Phi) is 7.04. The van der Waals surface area contributed by atoms with Crippen LogP contribution in [-0.4, -0.2) is 23.8 Å². The van der Waals surface area contributed by atoms with Crippen LogP contribution in [0.4, 0.5) is 0 Å². The summed E-state index contributed by atoms with van der Waals surface area (Å²) in [6.45, 7) is 4.09. The van der Waals surface area contributed by atoms with Crippen LogP contribution >= 0.6 is 0 Å². The van der Waals surface area contributed by atoms with Crippen molar-refractivity contribution in [2.24, 2.45) is 10.1 Å². The van der Waals surface area contributed by atoms with Crippen molar-refractivity contribution in [3.8, 4) is 0 Å². The van der Waals surface area contributed by atoms with Crippen LogP contribution in [0.25, 0.3) is 0 Å². The second kappa shape index (κ2) is 9.06. The number of nitrogens with zero attached hydrogens (tertiary/aromatic N) is 2. The van der Waals surface area contributed by atoms with E-state index in [0.29, 0.717) is 18.1 Å². The first kappa shape index (κ1) is 16.3. The largest absolute Gasteiger partial charge is 0.335 e. The zero-order chi connectivity index (χ0) is 14.9. The van der Waals surface area contributed by atoms with Crippen LogP contribution in [0.15, 0.2) is 10.1 Å². The maximum Gasteiger partial charge on any atom is 0.315 e. The van der Waals surface area contributed by atoms with E-state index in [9.17, 15) is 0 Å². The van der Waals surface area contributed by atoms with Crippen LogP contribution in [0.2, 0.25) is 0 Å². The van der Waals surface area contributed by atoms with Crippen molar-refractivity contribution in [2.75, 3.05) is 0 Å². The monoisotopic (exact) mass is 293 g/mol. The summed E-state index contributed by atoms with van der Waals surface area (Å²) in [5.74, 6) is 0. The predicted molar refractivity (Wildman–Crippen MR) is 88.8 cm³/mol. The van der Waals surface area contributed by atoms with Gasteiger partial charge in [-0.15, -0.1) is 0 Å². The Morgan fingerprint density at radius 1 is 1.00 bits per heavy atom. The lowest BCUT2D eigenvalue weighted by atomic mass is 9.95. The summed E-state index contributed by atoms with van der Waals surface area (Å²) in [6, 6.07) is 1.58. The zero-order valence-electron chi connectivity index (χ0n) is 13.7. The summed E-state index contributed by atoms with van der Waals surface area (Å²) in [6.07, 6.45) is 13.7. The van der Waals surface area contributed by atoms with Gasteiger partial charge in [0.25, 0.3) is 0 Å². The third-order valence-electron chi connectivity index (χ3n) is 4.61. The molecule has 0 spiro atoms. The molecular weight excluding hydrogens is 262 g/mol. The molecule has 0 radical (unpaired) electrons. The second-order valence-corrected chi connectivity index (χ2v) is 6.48. The Hall–Kier alpha value is -1.06. The van der Waals surface area contributed by atoms with Crippen molar-refractivity contribution < 1.29 is 4.84 Å². The average molecular weight is 293 g/mol. The first-order chi connectivity index (χ1) is 10.3. The fourth-order valence-corrected chi connectivity index (χ4v) is 3.07. The standard InChI is InChI=1S/C17H31N3O/c1-3-14(2)20-21-17(18-15-10-6-4-7-11-15)19-16-12-8-5-9-13-16/h15-16H,3-13H2,1-2H3,(H,18,19). The van der Waals surface area contributed by atoms with Gasteiger partial charge in [-0.2, -0.15) is 0 Å². The van der Waals surface area contributed by atoms with Gasteiger partial charge in [0.2, 0.25) is 0 Å². The summed E-state index contributed by atoms with van der Waals surface area (Å²) >= 11 is 0. The van der Waals surface area contributed by atoms with E-state index in [1.54, 1.807) is 0 Å². The van der Waals surface area contributed by atoms with Gasteiger partial charge in [-0.25, -0.2) is 4.99 Å². The molecule has 0 bridgehead atoms. The van der Waals surface area contributed by atoms with Crippen LogP contribution in [0.3, 0.4) is 0 Å². The van der Waals surface area contributed by atoms with Gasteiger partial charge < -0.3 is 10.2 Å².